The zero-order valence-corrected chi connectivity index (χ0v) is 10.4. The zero-order valence-electron chi connectivity index (χ0n) is 10.4. The van der Waals surface area contributed by atoms with Gasteiger partial charge >= 0.3 is 0 Å². The zero-order chi connectivity index (χ0) is 13.7. The molecule has 0 spiro atoms. The molecule has 0 bridgehead atoms. The molecule has 1 aliphatic rings. The van der Waals surface area contributed by atoms with E-state index in [1.54, 1.807) is 24.3 Å². The van der Waals surface area contributed by atoms with Gasteiger partial charge in [-0.25, -0.2) is 0 Å². The van der Waals surface area contributed by atoms with Gasteiger partial charge in [-0.3, -0.25) is 4.79 Å². The van der Waals surface area contributed by atoms with Crippen LogP contribution in [0.2, 0.25) is 0 Å². The normalized spacial score (nSPS) is 20.8. The molecule has 2 rings (SSSR count). The fourth-order valence-corrected chi connectivity index (χ4v) is 1.94. The van der Waals surface area contributed by atoms with Gasteiger partial charge in [0.25, 0.3) is 0 Å². The van der Waals surface area contributed by atoms with Crippen molar-refractivity contribution in [3.63, 3.8) is 0 Å². The smallest absolute Gasteiger partial charge is 0.231 e. The summed E-state index contributed by atoms with van der Waals surface area (Å²) in [6, 6.07) is 8.81. The minimum Gasteiger partial charge on any atom is -0.479 e. The predicted octanol–water partition coefficient (Wildman–Crippen LogP) is 1.43. The molecule has 98 valence electrons. The molecule has 1 aliphatic carbocycles. The molecule has 0 fully saturated rings. The summed E-state index contributed by atoms with van der Waals surface area (Å²) in [5.74, 6) is 0.290. The Morgan fingerprint density at radius 3 is 3.05 bits per heavy atom. The average Bonchev–Trinajstić information content (AvgIpc) is 2.83. The number of hydrogen-bond donors (Lipinski definition) is 2. The van der Waals surface area contributed by atoms with E-state index in [1.165, 1.54) is 0 Å². The number of amides is 1. The van der Waals surface area contributed by atoms with Gasteiger partial charge < -0.3 is 15.8 Å². The number of nitrogens with two attached hydrogens (primary N) is 1. The van der Waals surface area contributed by atoms with Crippen molar-refractivity contribution < 1.29 is 9.53 Å². The van der Waals surface area contributed by atoms with E-state index in [0.717, 1.165) is 0 Å². The summed E-state index contributed by atoms with van der Waals surface area (Å²) >= 11 is 0. The lowest BCUT2D eigenvalue weighted by atomic mass is 10.1. The Kier molecular flexibility index (Phi) is 4.16. The molecular formula is C14H15N3O2. The number of carbonyl (C=O) groups is 1. The summed E-state index contributed by atoms with van der Waals surface area (Å²) in [5, 5.41) is 11.3. The summed E-state index contributed by atoms with van der Waals surface area (Å²) in [6.45, 7) is -0.0163. The van der Waals surface area contributed by atoms with Gasteiger partial charge in [0.15, 0.2) is 6.61 Å². The summed E-state index contributed by atoms with van der Waals surface area (Å²) in [5.41, 5.74) is 6.37. The third-order valence-corrected chi connectivity index (χ3v) is 2.86. The van der Waals surface area contributed by atoms with Crippen LogP contribution < -0.4 is 15.8 Å². The van der Waals surface area contributed by atoms with Gasteiger partial charge in [-0.1, -0.05) is 18.2 Å². The number of ether oxygens (including phenoxy) is 1. The number of anilines is 1. The van der Waals surface area contributed by atoms with Crippen molar-refractivity contribution in [3.8, 4) is 11.8 Å². The molecule has 1 amide bonds. The fourth-order valence-electron chi connectivity index (χ4n) is 1.94. The van der Waals surface area contributed by atoms with Crippen molar-refractivity contribution in [2.75, 3.05) is 11.9 Å². The molecule has 5 nitrogen and oxygen atoms in total. The van der Waals surface area contributed by atoms with Crippen LogP contribution in [0.5, 0.6) is 5.75 Å². The first-order valence-corrected chi connectivity index (χ1v) is 6.03. The Hall–Kier alpha value is -2.32. The number of nitrogens with zero attached hydrogens (tertiary/aromatic N) is 1. The molecule has 1 aromatic rings. The van der Waals surface area contributed by atoms with Crippen LogP contribution in [0, 0.1) is 17.2 Å². The van der Waals surface area contributed by atoms with Crippen LogP contribution in [0.1, 0.15) is 6.42 Å². The van der Waals surface area contributed by atoms with Gasteiger partial charge in [0, 0.05) is 17.8 Å². The Labute approximate surface area is 111 Å². The van der Waals surface area contributed by atoms with Crippen LogP contribution in [0.3, 0.4) is 0 Å². The number of benzene rings is 1. The molecule has 0 radical (unpaired) electrons. The molecule has 0 saturated heterocycles. The molecule has 19 heavy (non-hydrogen) atoms. The van der Waals surface area contributed by atoms with Gasteiger partial charge in [0.1, 0.15) is 11.8 Å². The average molecular weight is 257 g/mol. The van der Waals surface area contributed by atoms with E-state index < -0.39 is 0 Å². The van der Waals surface area contributed by atoms with E-state index >= 15 is 0 Å². The number of carbonyl (C=O) groups excluding carboxylic acids is 1. The molecule has 0 aromatic heterocycles. The van der Waals surface area contributed by atoms with Gasteiger partial charge in [-0.05, 0) is 18.6 Å². The molecule has 0 saturated carbocycles. The Morgan fingerprint density at radius 2 is 2.37 bits per heavy atom. The summed E-state index contributed by atoms with van der Waals surface area (Å²) < 4.78 is 5.17. The first kappa shape index (κ1) is 13.1. The third kappa shape index (κ3) is 3.57. The van der Waals surface area contributed by atoms with Crippen molar-refractivity contribution in [1.82, 2.24) is 0 Å². The second kappa shape index (κ2) is 6.03. The first-order valence-electron chi connectivity index (χ1n) is 6.03. The fraction of sp³-hybridized carbons (Fsp3) is 0.286. The van der Waals surface area contributed by atoms with Gasteiger partial charge in [0.05, 0.1) is 5.92 Å². The van der Waals surface area contributed by atoms with Gasteiger partial charge in [0.2, 0.25) is 5.91 Å². The number of nitrogens with one attached hydrogen (secondary N) is 1. The quantitative estimate of drug-likeness (QED) is 0.799. The van der Waals surface area contributed by atoms with Crippen molar-refractivity contribution >= 4 is 11.6 Å². The minimum atomic E-state index is -0.182. The predicted molar refractivity (Wildman–Crippen MR) is 71.4 cm³/mol. The van der Waals surface area contributed by atoms with Gasteiger partial charge in [-0.15, -0.1) is 0 Å². The highest BCUT2D eigenvalue weighted by molar-refractivity contribution is 5.94. The Morgan fingerprint density at radius 1 is 1.53 bits per heavy atom. The van der Waals surface area contributed by atoms with Crippen LogP contribution in [0.15, 0.2) is 36.4 Å². The van der Waals surface area contributed by atoms with Crippen molar-refractivity contribution in [2.45, 2.75) is 12.5 Å². The van der Waals surface area contributed by atoms with E-state index in [0.29, 0.717) is 17.9 Å². The van der Waals surface area contributed by atoms with Crippen molar-refractivity contribution in [2.24, 2.45) is 11.7 Å². The monoisotopic (exact) mass is 257 g/mol. The summed E-state index contributed by atoms with van der Waals surface area (Å²) in [4.78, 5) is 12.0. The highest BCUT2D eigenvalue weighted by atomic mass is 16.5. The maximum Gasteiger partial charge on any atom is 0.231 e. The minimum absolute atomic E-state index is 0.0163. The number of hydrogen-bond acceptors (Lipinski definition) is 4. The highest BCUT2D eigenvalue weighted by Gasteiger charge is 2.22. The van der Waals surface area contributed by atoms with Crippen LogP contribution in [-0.2, 0) is 4.79 Å². The Balaban J connectivity index is 1.97. The molecule has 0 heterocycles. The highest BCUT2D eigenvalue weighted by Crippen LogP contribution is 2.21. The van der Waals surface area contributed by atoms with Crippen molar-refractivity contribution in [3.05, 3.63) is 36.4 Å². The van der Waals surface area contributed by atoms with E-state index in [4.69, 9.17) is 15.7 Å². The molecule has 5 heteroatoms. The van der Waals surface area contributed by atoms with E-state index in [1.807, 2.05) is 18.2 Å². The lowest BCUT2D eigenvalue weighted by Crippen LogP contribution is -2.23. The number of rotatable bonds is 4. The maximum atomic E-state index is 12.0. The third-order valence-electron chi connectivity index (χ3n) is 2.86. The number of nitriles is 1. The maximum absolute atomic E-state index is 12.0. The van der Waals surface area contributed by atoms with E-state index in [9.17, 15) is 4.79 Å². The lowest BCUT2D eigenvalue weighted by Gasteiger charge is -2.11. The van der Waals surface area contributed by atoms with Crippen LogP contribution >= 0.6 is 0 Å². The Bertz CT molecular complexity index is 534. The van der Waals surface area contributed by atoms with E-state index in [2.05, 4.69) is 5.32 Å². The largest absolute Gasteiger partial charge is 0.479 e. The van der Waals surface area contributed by atoms with Crippen LogP contribution in [0.25, 0.3) is 0 Å². The SMILES string of the molecule is N#CCOc1cccc(NC(=O)C2C=CC(N)C2)c1. The lowest BCUT2D eigenvalue weighted by molar-refractivity contribution is -0.118. The van der Waals surface area contributed by atoms with Crippen LogP contribution in [-0.4, -0.2) is 18.6 Å². The molecule has 3 N–H and O–H groups in total. The van der Waals surface area contributed by atoms with E-state index in [-0.39, 0.29) is 24.5 Å². The second-order valence-corrected chi connectivity index (χ2v) is 4.35. The molecule has 2 atom stereocenters. The second-order valence-electron chi connectivity index (χ2n) is 4.35. The molecule has 0 aliphatic heterocycles. The standard InChI is InChI=1S/C14H15N3O2/c15-6-7-19-13-3-1-2-12(9-13)17-14(18)10-4-5-11(16)8-10/h1-5,9-11H,7-8,16H2,(H,17,18). The van der Waals surface area contributed by atoms with Gasteiger partial charge in [-0.2, -0.15) is 5.26 Å². The molecule has 2 unspecified atom stereocenters. The first-order chi connectivity index (χ1) is 9.19. The molecule has 1 aromatic carbocycles. The summed E-state index contributed by atoms with van der Waals surface area (Å²) in [6.07, 6.45) is 4.31. The van der Waals surface area contributed by atoms with Crippen LogP contribution in [0.4, 0.5) is 5.69 Å². The molecular weight excluding hydrogens is 242 g/mol. The van der Waals surface area contributed by atoms with Crippen molar-refractivity contribution in [1.29, 1.82) is 5.26 Å². The topological polar surface area (TPSA) is 88.1 Å². The summed E-state index contributed by atoms with van der Waals surface area (Å²) in [7, 11) is 0.